The molecule has 5 heteroatoms. The van der Waals surface area contributed by atoms with Crippen LogP contribution in [0.5, 0.6) is 0 Å². The van der Waals surface area contributed by atoms with E-state index < -0.39 is 11.7 Å². The summed E-state index contributed by atoms with van der Waals surface area (Å²) in [5, 5.41) is 3.21. The first-order valence-corrected chi connectivity index (χ1v) is 6.31. The number of hydrogen-bond acceptors (Lipinski definition) is 1. The standard InChI is InChI=1S/C14H10Cl2FNO/c15-10-5-2-1-4-9(10)8-18-14(19)13-11(16)6-3-7-12(13)17/h1-7H,8H2,(H,18,19). The van der Waals surface area contributed by atoms with E-state index in [4.69, 9.17) is 23.2 Å². The number of hydrogen-bond donors (Lipinski definition) is 1. The molecule has 1 N–H and O–H groups in total. The monoisotopic (exact) mass is 297 g/mol. The molecule has 2 rings (SSSR count). The Bertz CT molecular complexity index is 596. The summed E-state index contributed by atoms with van der Waals surface area (Å²) in [6.07, 6.45) is 0. The SMILES string of the molecule is O=C(NCc1ccccc1Cl)c1c(F)cccc1Cl. The second kappa shape index (κ2) is 6.04. The third kappa shape index (κ3) is 3.25. The van der Waals surface area contributed by atoms with E-state index in [1.54, 1.807) is 18.2 Å². The lowest BCUT2D eigenvalue weighted by Gasteiger charge is -2.08. The van der Waals surface area contributed by atoms with Crippen molar-refractivity contribution < 1.29 is 9.18 Å². The minimum atomic E-state index is -0.649. The molecule has 0 atom stereocenters. The maximum absolute atomic E-state index is 13.5. The molecule has 0 saturated heterocycles. The molecule has 0 bridgehead atoms. The first kappa shape index (κ1) is 13.8. The van der Waals surface area contributed by atoms with E-state index in [0.717, 1.165) is 5.56 Å². The summed E-state index contributed by atoms with van der Waals surface area (Å²) in [6.45, 7) is 0.211. The van der Waals surface area contributed by atoms with Gasteiger partial charge in [0.15, 0.2) is 0 Å². The molecule has 0 saturated carbocycles. The molecule has 0 spiro atoms. The predicted molar refractivity (Wildman–Crippen MR) is 74.0 cm³/mol. The second-order valence-corrected chi connectivity index (χ2v) is 4.69. The molecule has 0 radical (unpaired) electrons. The van der Waals surface area contributed by atoms with Crippen molar-refractivity contribution >= 4 is 29.1 Å². The third-order valence-corrected chi connectivity index (χ3v) is 3.27. The van der Waals surface area contributed by atoms with Crippen molar-refractivity contribution in [2.45, 2.75) is 6.54 Å². The molecular weight excluding hydrogens is 288 g/mol. The number of amides is 1. The lowest BCUT2D eigenvalue weighted by Crippen LogP contribution is -2.24. The van der Waals surface area contributed by atoms with Gasteiger partial charge in [-0.15, -0.1) is 0 Å². The Balaban J connectivity index is 2.13. The van der Waals surface area contributed by atoms with E-state index in [1.807, 2.05) is 6.07 Å². The largest absolute Gasteiger partial charge is 0.348 e. The number of benzene rings is 2. The minimum Gasteiger partial charge on any atom is -0.348 e. The van der Waals surface area contributed by atoms with Crippen LogP contribution < -0.4 is 5.32 Å². The van der Waals surface area contributed by atoms with Gasteiger partial charge in [0, 0.05) is 11.6 Å². The van der Waals surface area contributed by atoms with Crippen LogP contribution in [-0.4, -0.2) is 5.91 Å². The Kier molecular flexibility index (Phi) is 4.40. The van der Waals surface area contributed by atoms with Crippen molar-refractivity contribution in [1.29, 1.82) is 0 Å². The summed E-state index contributed by atoms with van der Waals surface area (Å²) in [7, 11) is 0. The molecule has 0 aliphatic rings. The predicted octanol–water partition coefficient (Wildman–Crippen LogP) is 4.06. The van der Waals surface area contributed by atoms with Crippen LogP contribution in [0.2, 0.25) is 10.0 Å². The molecule has 0 unspecified atom stereocenters. The van der Waals surface area contributed by atoms with E-state index in [9.17, 15) is 9.18 Å². The summed E-state index contributed by atoms with van der Waals surface area (Å²) >= 11 is 11.8. The van der Waals surface area contributed by atoms with Crippen molar-refractivity contribution in [3.8, 4) is 0 Å². The number of nitrogens with one attached hydrogen (secondary N) is 1. The van der Waals surface area contributed by atoms with Crippen LogP contribution >= 0.6 is 23.2 Å². The summed E-state index contributed by atoms with van der Waals surface area (Å²) < 4.78 is 13.5. The van der Waals surface area contributed by atoms with Crippen LogP contribution in [0.25, 0.3) is 0 Å². The highest BCUT2D eigenvalue weighted by Gasteiger charge is 2.15. The van der Waals surface area contributed by atoms with Gasteiger partial charge in [-0.05, 0) is 23.8 Å². The fourth-order valence-electron chi connectivity index (χ4n) is 1.62. The van der Waals surface area contributed by atoms with Gasteiger partial charge in [-0.3, -0.25) is 4.79 Å². The molecule has 2 aromatic rings. The molecule has 1 amide bonds. The van der Waals surface area contributed by atoms with E-state index in [2.05, 4.69) is 5.32 Å². The normalized spacial score (nSPS) is 10.3. The first-order valence-electron chi connectivity index (χ1n) is 5.55. The molecule has 2 aromatic carbocycles. The van der Waals surface area contributed by atoms with Gasteiger partial charge in [-0.2, -0.15) is 0 Å². The molecule has 98 valence electrons. The van der Waals surface area contributed by atoms with Crippen LogP contribution in [0.15, 0.2) is 42.5 Å². The molecule has 0 fully saturated rings. The molecule has 0 aliphatic carbocycles. The molecule has 0 heterocycles. The lowest BCUT2D eigenvalue weighted by molar-refractivity contribution is 0.0947. The van der Waals surface area contributed by atoms with Crippen molar-refractivity contribution in [3.05, 3.63) is 69.5 Å². The van der Waals surface area contributed by atoms with Crippen LogP contribution in [0.4, 0.5) is 4.39 Å². The Hall–Kier alpha value is -1.58. The van der Waals surface area contributed by atoms with E-state index in [1.165, 1.54) is 18.2 Å². The molecule has 0 aliphatic heterocycles. The quantitative estimate of drug-likeness (QED) is 0.909. The van der Waals surface area contributed by atoms with Gasteiger partial charge in [0.25, 0.3) is 5.91 Å². The molecular formula is C14H10Cl2FNO. The maximum atomic E-state index is 13.5. The maximum Gasteiger partial charge on any atom is 0.256 e. The third-order valence-electron chi connectivity index (χ3n) is 2.59. The smallest absolute Gasteiger partial charge is 0.256 e. The first-order chi connectivity index (χ1) is 9.09. The summed E-state index contributed by atoms with van der Waals surface area (Å²) in [5.41, 5.74) is 0.598. The molecule has 0 aromatic heterocycles. The minimum absolute atomic E-state index is 0.0802. The zero-order chi connectivity index (χ0) is 13.8. The molecule has 19 heavy (non-hydrogen) atoms. The highest BCUT2D eigenvalue weighted by molar-refractivity contribution is 6.34. The van der Waals surface area contributed by atoms with Crippen molar-refractivity contribution in [2.75, 3.05) is 0 Å². The zero-order valence-electron chi connectivity index (χ0n) is 9.79. The number of carbonyl (C=O) groups excluding carboxylic acids is 1. The summed E-state index contributed by atoms with van der Waals surface area (Å²) in [4.78, 5) is 11.9. The van der Waals surface area contributed by atoms with Gasteiger partial charge in [0.1, 0.15) is 5.82 Å². The van der Waals surface area contributed by atoms with Crippen LogP contribution in [0, 0.1) is 5.82 Å². The van der Waals surface area contributed by atoms with Crippen LogP contribution in [0.3, 0.4) is 0 Å². The Morgan fingerprint density at radius 1 is 1.05 bits per heavy atom. The Morgan fingerprint density at radius 3 is 2.42 bits per heavy atom. The van der Waals surface area contributed by atoms with Gasteiger partial charge >= 0.3 is 0 Å². The Morgan fingerprint density at radius 2 is 1.74 bits per heavy atom. The van der Waals surface area contributed by atoms with Gasteiger partial charge in [0.2, 0.25) is 0 Å². The highest BCUT2D eigenvalue weighted by Crippen LogP contribution is 2.19. The highest BCUT2D eigenvalue weighted by atomic mass is 35.5. The van der Waals surface area contributed by atoms with Crippen molar-refractivity contribution in [3.63, 3.8) is 0 Å². The summed E-state index contributed by atoms with van der Waals surface area (Å²) in [5.74, 6) is -1.22. The topological polar surface area (TPSA) is 29.1 Å². The Labute approximate surface area is 120 Å². The van der Waals surface area contributed by atoms with Gasteiger partial charge < -0.3 is 5.32 Å². The van der Waals surface area contributed by atoms with Gasteiger partial charge in [-0.1, -0.05) is 47.5 Å². The number of rotatable bonds is 3. The average Bonchev–Trinajstić information content (AvgIpc) is 2.37. The van der Waals surface area contributed by atoms with E-state index in [-0.39, 0.29) is 17.1 Å². The van der Waals surface area contributed by atoms with E-state index in [0.29, 0.717) is 5.02 Å². The van der Waals surface area contributed by atoms with Gasteiger partial charge in [-0.25, -0.2) is 4.39 Å². The van der Waals surface area contributed by atoms with Crippen LogP contribution in [-0.2, 0) is 6.54 Å². The fourth-order valence-corrected chi connectivity index (χ4v) is 2.07. The van der Waals surface area contributed by atoms with Gasteiger partial charge in [0.05, 0.1) is 10.6 Å². The lowest BCUT2D eigenvalue weighted by atomic mass is 10.2. The molecule has 2 nitrogen and oxygen atoms in total. The van der Waals surface area contributed by atoms with Crippen LogP contribution in [0.1, 0.15) is 15.9 Å². The summed E-state index contributed by atoms with van der Waals surface area (Å²) in [6, 6.07) is 11.2. The zero-order valence-corrected chi connectivity index (χ0v) is 11.3. The number of carbonyl (C=O) groups is 1. The van der Waals surface area contributed by atoms with Crippen molar-refractivity contribution in [2.24, 2.45) is 0 Å². The number of halogens is 3. The fraction of sp³-hybridized carbons (Fsp3) is 0.0714. The van der Waals surface area contributed by atoms with Crippen molar-refractivity contribution in [1.82, 2.24) is 5.32 Å². The van der Waals surface area contributed by atoms with E-state index >= 15 is 0 Å². The second-order valence-electron chi connectivity index (χ2n) is 3.87. The average molecular weight is 298 g/mol.